The number of fused-ring (bicyclic) bond motifs is 2. The van der Waals surface area contributed by atoms with Crippen molar-refractivity contribution in [2.45, 2.75) is 13.1 Å². The topological polar surface area (TPSA) is 61.9 Å². The van der Waals surface area contributed by atoms with Crippen molar-refractivity contribution in [1.29, 1.82) is 0 Å². The first-order chi connectivity index (χ1) is 16.2. The summed E-state index contributed by atoms with van der Waals surface area (Å²) in [6.45, 7) is 2.20. The van der Waals surface area contributed by atoms with Crippen LogP contribution in [0.4, 0.5) is 13.2 Å². The van der Waals surface area contributed by atoms with E-state index in [0.717, 1.165) is 23.0 Å². The molecule has 9 heteroatoms. The van der Waals surface area contributed by atoms with Crippen LogP contribution in [0.15, 0.2) is 71.8 Å². The van der Waals surface area contributed by atoms with E-state index in [1.807, 2.05) is 32.3 Å². The molecule has 172 valence electrons. The van der Waals surface area contributed by atoms with Crippen LogP contribution in [0.2, 0.25) is 0 Å². The minimum atomic E-state index is -4.48. The molecule has 0 radical (unpaired) electrons. The molecule has 0 saturated carbocycles. The van der Waals surface area contributed by atoms with Gasteiger partial charge in [0.25, 0.3) is 5.56 Å². The third kappa shape index (κ3) is 3.79. The summed E-state index contributed by atoms with van der Waals surface area (Å²) in [7, 11) is 1.81. The van der Waals surface area contributed by atoms with Gasteiger partial charge in [0.2, 0.25) is 5.88 Å². The van der Waals surface area contributed by atoms with Gasteiger partial charge in [-0.3, -0.25) is 14.0 Å². The van der Waals surface area contributed by atoms with E-state index in [1.165, 1.54) is 16.7 Å². The predicted molar refractivity (Wildman–Crippen MR) is 123 cm³/mol. The molecule has 0 unspecified atom stereocenters. The highest BCUT2D eigenvalue weighted by molar-refractivity contribution is 5.93. The molecular weight excluding hydrogens is 445 g/mol. The molecular formula is C25H19F3N4O2. The number of alkyl halides is 3. The van der Waals surface area contributed by atoms with Gasteiger partial charge in [-0.1, -0.05) is 12.1 Å². The first-order valence-corrected chi connectivity index (χ1v) is 10.6. The van der Waals surface area contributed by atoms with Crippen molar-refractivity contribution in [3.8, 4) is 22.7 Å². The van der Waals surface area contributed by atoms with E-state index >= 15 is 0 Å². The highest BCUT2D eigenvalue weighted by Gasteiger charge is 2.30. The summed E-state index contributed by atoms with van der Waals surface area (Å²) in [6.07, 6.45) is -0.958. The summed E-state index contributed by atoms with van der Waals surface area (Å²) in [6, 6.07) is 13.4. The molecule has 0 fully saturated rings. The third-order valence-corrected chi connectivity index (χ3v) is 5.51. The highest BCUT2D eigenvalue weighted by Crippen LogP contribution is 2.32. The lowest BCUT2D eigenvalue weighted by atomic mass is 10.0. The second kappa shape index (κ2) is 8.02. The van der Waals surface area contributed by atoms with E-state index in [1.54, 1.807) is 29.1 Å². The minimum absolute atomic E-state index is 0.194. The second-order valence-electron chi connectivity index (χ2n) is 7.82. The normalized spacial score (nSPS) is 11.9. The Morgan fingerprint density at radius 1 is 0.971 bits per heavy atom. The van der Waals surface area contributed by atoms with Gasteiger partial charge in [-0.05, 0) is 48.9 Å². The Hall–Kier alpha value is -4.14. The standard InChI is InChI=1S/C25H19F3N4O2/c1-3-34-21-11-6-16-14-32(19-9-10-20-17(12-19)13-31(2)30-20)24(33)22(23(16)29-21)15-4-7-18(8-5-15)25(26,27)28/h4-14H,3H2,1-2H3. The molecule has 0 aliphatic rings. The fraction of sp³-hybridized carbons (Fsp3) is 0.160. The van der Waals surface area contributed by atoms with Gasteiger partial charge in [-0.25, -0.2) is 4.98 Å². The number of rotatable bonds is 4. The minimum Gasteiger partial charge on any atom is -0.478 e. The van der Waals surface area contributed by atoms with Crippen molar-refractivity contribution in [2.75, 3.05) is 6.61 Å². The number of aromatic nitrogens is 4. The largest absolute Gasteiger partial charge is 0.478 e. The fourth-order valence-electron chi connectivity index (χ4n) is 3.97. The summed E-state index contributed by atoms with van der Waals surface area (Å²) in [5, 5.41) is 5.85. The Labute approximate surface area is 191 Å². The summed E-state index contributed by atoms with van der Waals surface area (Å²) >= 11 is 0. The van der Waals surface area contributed by atoms with Gasteiger partial charge in [0.05, 0.1) is 28.8 Å². The molecule has 2 aromatic carbocycles. The van der Waals surface area contributed by atoms with Crippen LogP contribution in [0.25, 0.3) is 38.6 Å². The van der Waals surface area contributed by atoms with Crippen LogP contribution in [0.5, 0.6) is 5.88 Å². The van der Waals surface area contributed by atoms with Crippen molar-refractivity contribution in [3.63, 3.8) is 0 Å². The molecule has 0 amide bonds. The van der Waals surface area contributed by atoms with Crippen LogP contribution in [0, 0.1) is 0 Å². The maximum absolute atomic E-state index is 13.7. The smallest absolute Gasteiger partial charge is 0.416 e. The van der Waals surface area contributed by atoms with Gasteiger partial charge < -0.3 is 4.74 Å². The van der Waals surface area contributed by atoms with E-state index in [4.69, 9.17) is 4.74 Å². The zero-order valence-corrected chi connectivity index (χ0v) is 18.3. The quantitative estimate of drug-likeness (QED) is 0.359. The molecule has 5 aromatic rings. The van der Waals surface area contributed by atoms with Crippen LogP contribution in [0.3, 0.4) is 0 Å². The number of aryl methyl sites for hydroxylation is 1. The lowest BCUT2D eigenvalue weighted by Crippen LogP contribution is -2.20. The average Bonchev–Trinajstić information content (AvgIpc) is 3.17. The summed E-state index contributed by atoms with van der Waals surface area (Å²) in [4.78, 5) is 18.2. The Bertz CT molecular complexity index is 1580. The summed E-state index contributed by atoms with van der Waals surface area (Å²) in [5.41, 5.74) is 1.08. The van der Waals surface area contributed by atoms with Gasteiger partial charge in [0.1, 0.15) is 0 Å². The molecule has 3 aromatic heterocycles. The van der Waals surface area contributed by atoms with Crippen molar-refractivity contribution in [2.24, 2.45) is 7.05 Å². The Balaban J connectivity index is 1.77. The number of pyridine rings is 2. The van der Waals surface area contributed by atoms with Crippen molar-refractivity contribution in [1.82, 2.24) is 19.3 Å². The fourth-order valence-corrected chi connectivity index (χ4v) is 3.97. The van der Waals surface area contributed by atoms with E-state index in [0.29, 0.717) is 34.6 Å². The van der Waals surface area contributed by atoms with Gasteiger partial charge in [0, 0.05) is 42.0 Å². The maximum Gasteiger partial charge on any atom is 0.416 e. The number of hydrogen-bond donors (Lipinski definition) is 0. The van der Waals surface area contributed by atoms with Gasteiger partial charge in [-0.15, -0.1) is 0 Å². The molecule has 0 N–H and O–H groups in total. The average molecular weight is 464 g/mol. The molecule has 0 saturated heterocycles. The molecule has 6 nitrogen and oxygen atoms in total. The number of hydrogen-bond acceptors (Lipinski definition) is 4. The Kier molecular flexibility index (Phi) is 5.11. The van der Waals surface area contributed by atoms with Crippen LogP contribution in [-0.4, -0.2) is 25.9 Å². The van der Waals surface area contributed by atoms with Crippen molar-refractivity contribution in [3.05, 3.63) is 82.9 Å². The Morgan fingerprint density at radius 3 is 2.44 bits per heavy atom. The Morgan fingerprint density at radius 2 is 1.74 bits per heavy atom. The monoisotopic (exact) mass is 464 g/mol. The molecule has 34 heavy (non-hydrogen) atoms. The van der Waals surface area contributed by atoms with Gasteiger partial charge >= 0.3 is 6.18 Å². The zero-order valence-electron chi connectivity index (χ0n) is 18.3. The number of ether oxygens (including phenoxy) is 1. The SMILES string of the molecule is CCOc1ccc2cn(-c3ccc4nn(C)cc4c3)c(=O)c(-c3ccc(C(F)(F)F)cc3)c2n1. The van der Waals surface area contributed by atoms with Crippen LogP contribution in [0.1, 0.15) is 12.5 Å². The van der Waals surface area contributed by atoms with Crippen LogP contribution < -0.4 is 10.3 Å². The maximum atomic E-state index is 13.7. The highest BCUT2D eigenvalue weighted by atomic mass is 19.4. The second-order valence-corrected chi connectivity index (χ2v) is 7.82. The first kappa shape index (κ1) is 21.7. The number of benzene rings is 2. The molecule has 0 aliphatic carbocycles. The van der Waals surface area contributed by atoms with E-state index in [9.17, 15) is 18.0 Å². The summed E-state index contributed by atoms with van der Waals surface area (Å²) in [5.74, 6) is 0.331. The lowest BCUT2D eigenvalue weighted by molar-refractivity contribution is -0.137. The van der Waals surface area contributed by atoms with Crippen molar-refractivity contribution < 1.29 is 17.9 Å². The predicted octanol–water partition coefficient (Wildman–Crippen LogP) is 5.36. The first-order valence-electron chi connectivity index (χ1n) is 10.6. The number of nitrogens with zero attached hydrogens (tertiary/aromatic N) is 4. The van der Waals surface area contributed by atoms with Gasteiger partial charge in [-0.2, -0.15) is 18.3 Å². The third-order valence-electron chi connectivity index (χ3n) is 5.51. The lowest BCUT2D eigenvalue weighted by Gasteiger charge is -2.14. The molecule has 0 atom stereocenters. The number of halogens is 3. The molecule has 0 bridgehead atoms. The van der Waals surface area contributed by atoms with E-state index in [2.05, 4.69) is 10.1 Å². The van der Waals surface area contributed by atoms with Crippen molar-refractivity contribution >= 4 is 21.8 Å². The molecule has 5 rings (SSSR count). The molecule has 3 heterocycles. The summed E-state index contributed by atoms with van der Waals surface area (Å²) < 4.78 is 48.0. The van der Waals surface area contributed by atoms with Crippen LogP contribution in [-0.2, 0) is 13.2 Å². The van der Waals surface area contributed by atoms with Gasteiger partial charge in [0.15, 0.2) is 0 Å². The van der Waals surface area contributed by atoms with E-state index in [-0.39, 0.29) is 5.56 Å². The van der Waals surface area contributed by atoms with Crippen LogP contribution >= 0.6 is 0 Å². The van der Waals surface area contributed by atoms with E-state index < -0.39 is 17.3 Å². The molecule has 0 aliphatic heterocycles. The molecule has 0 spiro atoms. The zero-order chi connectivity index (χ0) is 24.0.